The van der Waals surface area contributed by atoms with E-state index >= 15 is 0 Å². The number of hydrogen-bond acceptors (Lipinski definition) is 2. The lowest BCUT2D eigenvalue weighted by molar-refractivity contribution is 0.578. The number of rotatable bonds is 6. The highest BCUT2D eigenvalue weighted by Crippen LogP contribution is 2.09. The first-order chi connectivity index (χ1) is 7.56. The maximum Gasteiger partial charge on any atom is 0.240 e. The maximum absolute atomic E-state index is 11.8. The SMILES string of the molecule is Cc1ccc(S(=O)(=O)NCCCCCl)cc1. The highest BCUT2D eigenvalue weighted by Gasteiger charge is 2.11. The molecule has 0 heterocycles. The highest BCUT2D eigenvalue weighted by atomic mass is 35.5. The Bertz CT molecular complexity index is 414. The van der Waals surface area contributed by atoms with Crippen LogP contribution in [0.4, 0.5) is 0 Å². The van der Waals surface area contributed by atoms with E-state index in [4.69, 9.17) is 11.6 Å². The van der Waals surface area contributed by atoms with Gasteiger partial charge in [-0.3, -0.25) is 0 Å². The third kappa shape index (κ3) is 4.12. The average molecular weight is 262 g/mol. The van der Waals surface area contributed by atoms with Gasteiger partial charge in [-0.05, 0) is 31.9 Å². The van der Waals surface area contributed by atoms with Gasteiger partial charge in [0.15, 0.2) is 0 Å². The summed E-state index contributed by atoms with van der Waals surface area (Å²) in [5.74, 6) is 0.562. The molecule has 1 rings (SSSR count). The Kier molecular flexibility index (Phi) is 5.25. The van der Waals surface area contributed by atoms with Gasteiger partial charge in [-0.25, -0.2) is 13.1 Å². The van der Waals surface area contributed by atoms with Crippen molar-refractivity contribution >= 4 is 21.6 Å². The smallest absolute Gasteiger partial charge is 0.211 e. The third-order valence-corrected chi connectivity index (χ3v) is 3.93. The van der Waals surface area contributed by atoms with Crippen molar-refractivity contribution < 1.29 is 8.42 Å². The monoisotopic (exact) mass is 261 g/mol. The van der Waals surface area contributed by atoms with E-state index in [-0.39, 0.29) is 0 Å². The van der Waals surface area contributed by atoms with E-state index in [1.165, 1.54) is 0 Å². The van der Waals surface area contributed by atoms with Crippen molar-refractivity contribution in [2.75, 3.05) is 12.4 Å². The summed E-state index contributed by atoms with van der Waals surface area (Å²) in [5, 5.41) is 0. The predicted octanol–water partition coefficient (Wildman–Crippen LogP) is 2.29. The molecule has 0 spiro atoms. The highest BCUT2D eigenvalue weighted by molar-refractivity contribution is 7.89. The molecule has 1 N–H and O–H groups in total. The number of halogens is 1. The van der Waals surface area contributed by atoms with Gasteiger partial charge < -0.3 is 0 Å². The number of sulfonamides is 1. The van der Waals surface area contributed by atoms with E-state index in [1.807, 2.05) is 6.92 Å². The van der Waals surface area contributed by atoms with Crippen molar-refractivity contribution in [1.29, 1.82) is 0 Å². The summed E-state index contributed by atoms with van der Waals surface area (Å²) in [4.78, 5) is 0.309. The molecule has 0 aliphatic heterocycles. The van der Waals surface area contributed by atoms with E-state index in [9.17, 15) is 8.42 Å². The fraction of sp³-hybridized carbons (Fsp3) is 0.455. The molecule has 3 nitrogen and oxygen atoms in total. The first-order valence-electron chi connectivity index (χ1n) is 5.18. The lowest BCUT2D eigenvalue weighted by Crippen LogP contribution is -2.24. The maximum atomic E-state index is 11.8. The number of alkyl halides is 1. The van der Waals surface area contributed by atoms with Gasteiger partial charge in [0, 0.05) is 12.4 Å². The van der Waals surface area contributed by atoms with Gasteiger partial charge in [0.05, 0.1) is 4.90 Å². The van der Waals surface area contributed by atoms with Crippen molar-refractivity contribution in [3.8, 4) is 0 Å². The third-order valence-electron chi connectivity index (χ3n) is 2.18. The van der Waals surface area contributed by atoms with Crippen LogP contribution in [0.1, 0.15) is 18.4 Å². The van der Waals surface area contributed by atoms with Crippen LogP contribution < -0.4 is 4.72 Å². The van der Waals surface area contributed by atoms with Gasteiger partial charge in [-0.15, -0.1) is 11.6 Å². The van der Waals surface area contributed by atoms with Crippen LogP contribution in [0.25, 0.3) is 0 Å². The molecule has 0 saturated carbocycles. The lowest BCUT2D eigenvalue weighted by atomic mass is 10.2. The van der Waals surface area contributed by atoms with Gasteiger partial charge in [-0.2, -0.15) is 0 Å². The zero-order chi connectivity index (χ0) is 12.0. The van der Waals surface area contributed by atoms with Crippen molar-refractivity contribution in [2.45, 2.75) is 24.7 Å². The summed E-state index contributed by atoms with van der Waals surface area (Å²) in [6.45, 7) is 2.35. The average Bonchev–Trinajstić information content (AvgIpc) is 2.25. The zero-order valence-corrected chi connectivity index (χ0v) is 10.8. The lowest BCUT2D eigenvalue weighted by Gasteiger charge is -2.06. The van der Waals surface area contributed by atoms with Crippen LogP contribution in [0.15, 0.2) is 29.2 Å². The quantitative estimate of drug-likeness (QED) is 0.631. The summed E-state index contributed by atoms with van der Waals surface area (Å²) in [6, 6.07) is 6.79. The molecule has 5 heteroatoms. The normalized spacial score (nSPS) is 11.6. The molecule has 0 saturated heterocycles. The molecule has 0 aromatic heterocycles. The Morgan fingerprint density at radius 1 is 1.19 bits per heavy atom. The molecule has 1 aromatic rings. The predicted molar refractivity (Wildman–Crippen MR) is 66.3 cm³/mol. The topological polar surface area (TPSA) is 46.2 Å². The molecule has 0 unspecified atom stereocenters. The number of benzene rings is 1. The van der Waals surface area contributed by atoms with Crippen LogP contribution in [-0.2, 0) is 10.0 Å². The first kappa shape index (κ1) is 13.5. The fourth-order valence-electron chi connectivity index (χ4n) is 1.23. The van der Waals surface area contributed by atoms with Crippen LogP contribution in [0.3, 0.4) is 0 Å². The molecule has 90 valence electrons. The van der Waals surface area contributed by atoms with Crippen molar-refractivity contribution in [2.24, 2.45) is 0 Å². The van der Waals surface area contributed by atoms with Crippen LogP contribution in [0, 0.1) is 6.92 Å². The molecular weight excluding hydrogens is 246 g/mol. The summed E-state index contributed by atoms with van der Waals surface area (Å²) < 4.78 is 26.1. The fourth-order valence-corrected chi connectivity index (χ4v) is 2.49. The minimum Gasteiger partial charge on any atom is -0.211 e. The van der Waals surface area contributed by atoms with Gasteiger partial charge in [0.1, 0.15) is 0 Å². The molecule has 16 heavy (non-hydrogen) atoms. The molecule has 0 aliphatic carbocycles. The van der Waals surface area contributed by atoms with Gasteiger partial charge in [0.2, 0.25) is 10.0 Å². The Morgan fingerprint density at radius 2 is 1.81 bits per heavy atom. The van der Waals surface area contributed by atoms with E-state index in [0.717, 1.165) is 18.4 Å². The number of hydrogen-bond donors (Lipinski definition) is 1. The van der Waals surface area contributed by atoms with Crippen molar-refractivity contribution in [1.82, 2.24) is 4.72 Å². The molecule has 0 atom stereocenters. The summed E-state index contributed by atoms with van der Waals surface area (Å²) in [5.41, 5.74) is 1.04. The molecule has 0 fully saturated rings. The van der Waals surface area contributed by atoms with Crippen molar-refractivity contribution in [3.63, 3.8) is 0 Å². The van der Waals surface area contributed by atoms with Gasteiger partial charge in [-0.1, -0.05) is 17.7 Å². The second kappa shape index (κ2) is 6.23. The molecule has 1 aromatic carbocycles. The zero-order valence-electron chi connectivity index (χ0n) is 9.24. The molecule has 0 radical (unpaired) electrons. The van der Waals surface area contributed by atoms with Crippen LogP contribution in [0.5, 0.6) is 0 Å². The van der Waals surface area contributed by atoms with Gasteiger partial charge in [0.25, 0.3) is 0 Å². The largest absolute Gasteiger partial charge is 0.240 e. The number of nitrogens with one attached hydrogen (secondary N) is 1. The minimum absolute atomic E-state index is 0.309. The molecule has 0 amide bonds. The Hall–Kier alpha value is -0.580. The van der Waals surface area contributed by atoms with Crippen LogP contribution in [0.2, 0.25) is 0 Å². The van der Waals surface area contributed by atoms with Gasteiger partial charge >= 0.3 is 0 Å². The van der Waals surface area contributed by atoms with E-state index < -0.39 is 10.0 Å². The summed E-state index contributed by atoms with van der Waals surface area (Å²) in [7, 11) is -3.35. The Balaban J connectivity index is 2.60. The van der Waals surface area contributed by atoms with E-state index in [0.29, 0.717) is 17.3 Å². The molecule has 0 bridgehead atoms. The van der Waals surface area contributed by atoms with E-state index in [2.05, 4.69) is 4.72 Å². The standard InChI is InChI=1S/C11H16ClNO2S/c1-10-4-6-11(7-5-10)16(14,15)13-9-3-2-8-12/h4-7,13H,2-3,8-9H2,1H3. The van der Waals surface area contributed by atoms with Crippen molar-refractivity contribution in [3.05, 3.63) is 29.8 Å². The molecule has 0 aliphatic rings. The number of unbranched alkanes of at least 4 members (excludes halogenated alkanes) is 1. The van der Waals surface area contributed by atoms with E-state index in [1.54, 1.807) is 24.3 Å². The second-order valence-corrected chi connectivity index (χ2v) is 5.75. The molecular formula is C11H16ClNO2S. The minimum atomic E-state index is -3.35. The summed E-state index contributed by atoms with van der Waals surface area (Å²) >= 11 is 5.51. The Labute approximate surface area is 102 Å². The second-order valence-electron chi connectivity index (χ2n) is 3.61. The Morgan fingerprint density at radius 3 is 2.38 bits per heavy atom. The van der Waals surface area contributed by atoms with Crippen LogP contribution >= 0.6 is 11.6 Å². The first-order valence-corrected chi connectivity index (χ1v) is 7.20. The van der Waals surface area contributed by atoms with Crippen LogP contribution in [-0.4, -0.2) is 20.8 Å². The number of aryl methyl sites for hydroxylation is 1. The summed E-state index contributed by atoms with van der Waals surface area (Å²) in [6.07, 6.45) is 1.58.